The van der Waals surface area contributed by atoms with Crippen molar-refractivity contribution in [2.45, 2.75) is 39.5 Å². The molecule has 36 heavy (non-hydrogen) atoms. The van der Waals surface area contributed by atoms with Crippen LogP contribution in [0.5, 0.6) is 0 Å². The molecule has 0 unspecified atom stereocenters. The highest BCUT2D eigenvalue weighted by atomic mass is 16.6. The topological polar surface area (TPSA) is 169 Å². The molecule has 13 heteroatoms. The highest BCUT2D eigenvalue weighted by Gasteiger charge is 2.20. The minimum absolute atomic E-state index is 0.0282. The Morgan fingerprint density at radius 3 is 2.39 bits per heavy atom. The van der Waals surface area contributed by atoms with Crippen LogP contribution in [-0.2, 0) is 32.2 Å². The molecule has 3 N–H and O–H groups in total. The summed E-state index contributed by atoms with van der Waals surface area (Å²) in [6, 6.07) is 10.3. The van der Waals surface area contributed by atoms with Crippen molar-refractivity contribution < 1.29 is 33.8 Å². The van der Waals surface area contributed by atoms with Gasteiger partial charge in [-0.1, -0.05) is 30.3 Å². The predicted octanol–water partition coefficient (Wildman–Crippen LogP) is 1.43. The molecule has 2 rings (SSSR count). The highest BCUT2D eigenvalue weighted by molar-refractivity contribution is 5.83. The third kappa shape index (κ3) is 10.2. The van der Waals surface area contributed by atoms with Crippen molar-refractivity contribution in [1.82, 2.24) is 19.8 Å². The van der Waals surface area contributed by atoms with Crippen molar-refractivity contribution in [2.75, 3.05) is 25.0 Å². The molecule has 0 spiro atoms. The van der Waals surface area contributed by atoms with E-state index < -0.39 is 48.4 Å². The molecule has 0 bridgehead atoms. The van der Waals surface area contributed by atoms with Gasteiger partial charge in [0.25, 0.3) is 0 Å². The van der Waals surface area contributed by atoms with Crippen LogP contribution in [0.3, 0.4) is 0 Å². The minimum Gasteiger partial charge on any atom is -0.480 e. The van der Waals surface area contributed by atoms with Gasteiger partial charge in [0, 0.05) is 19.3 Å². The Bertz CT molecular complexity index is 1130. The van der Waals surface area contributed by atoms with Gasteiger partial charge in [0.1, 0.15) is 31.1 Å². The maximum absolute atomic E-state index is 12.6. The van der Waals surface area contributed by atoms with Crippen LogP contribution in [0.15, 0.2) is 47.4 Å². The van der Waals surface area contributed by atoms with Crippen molar-refractivity contribution in [1.29, 1.82) is 0 Å². The SMILES string of the molecule is CC(C)(C)OC(=O)NCCN(CC(=O)O)C(=O)Cn1ccc(NC(=O)OCc2ccccc2)nc1=O. The van der Waals surface area contributed by atoms with Crippen LogP contribution >= 0.6 is 0 Å². The summed E-state index contributed by atoms with van der Waals surface area (Å²) in [6.45, 7) is 3.77. The number of alkyl carbamates (subject to hydrolysis) is 1. The van der Waals surface area contributed by atoms with Gasteiger partial charge >= 0.3 is 23.8 Å². The first-order valence-electron chi connectivity index (χ1n) is 10.9. The first-order valence-corrected chi connectivity index (χ1v) is 10.9. The number of anilines is 1. The summed E-state index contributed by atoms with van der Waals surface area (Å²) in [7, 11) is 0. The lowest BCUT2D eigenvalue weighted by Crippen LogP contribution is -2.44. The Labute approximate surface area is 207 Å². The van der Waals surface area contributed by atoms with E-state index in [1.165, 1.54) is 12.3 Å². The lowest BCUT2D eigenvalue weighted by Gasteiger charge is -2.23. The molecule has 1 heterocycles. The Morgan fingerprint density at radius 1 is 1.08 bits per heavy atom. The number of rotatable bonds is 10. The van der Waals surface area contributed by atoms with Gasteiger partial charge in [0.05, 0.1) is 0 Å². The molecule has 1 aromatic heterocycles. The van der Waals surface area contributed by atoms with E-state index >= 15 is 0 Å². The van der Waals surface area contributed by atoms with E-state index in [9.17, 15) is 24.0 Å². The van der Waals surface area contributed by atoms with Gasteiger partial charge in [-0.15, -0.1) is 0 Å². The molecule has 1 aromatic carbocycles. The molecule has 0 aliphatic carbocycles. The lowest BCUT2D eigenvalue weighted by atomic mass is 10.2. The monoisotopic (exact) mass is 503 g/mol. The van der Waals surface area contributed by atoms with E-state index in [1.807, 2.05) is 6.07 Å². The molecule has 0 saturated heterocycles. The normalized spacial score (nSPS) is 10.8. The van der Waals surface area contributed by atoms with Crippen LogP contribution < -0.4 is 16.3 Å². The Hall–Kier alpha value is -4.42. The second kappa shape index (κ2) is 12.9. The number of carbonyl (C=O) groups excluding carboxylic acids is 3. The molecule has 0 radical (unpaired) electrons. The number of hydrogen-bond donors (Lipinski definition) is 3. The van der Waals surface area contributed by atoms with Gasteiger partial charge in [-0.05, 0) is 32.4 Å². The highest BCUT2D eigenvalue weighted by Crippen LogP contribution is 2.06. The summed E-state index contributed by atoms with van der Waals surface area (Å²) in [5.74, 6) is -2.03. The maximum Gasteiger partial charge on any atom is 0.413 e. The second-order valence-electron chi connectivity index (χ2n) is 8.55. The van der Waals surface area contributed by atoms with E-state index in [0.29, 0.717) is 0 Å². The second-order valence-corrected chi connectivity index (χ2v) is 8.55. The van der Waals surface area contributed by atoms with Crippen LogP contribution in [0, 0.1) is 0 Å². The fourth-order valence-corrected chi connectivity index (χ4v) is 2.79. The zero-order valence-electron chi connectivity index (χ0n) is 20.2. The number of carbonyl (C=O) groups is 4. The number of aliphatic carboxylic acids is 1. The Balaban J connectivity index is 1.92. The third-order valence-electron chi connectivity index (χ3n) is 4.35. The van der Waals surface area contributed by atoms with Gasteiger partial charge in [0.2, 0.25) is 5.91 Å². The van der Waals surface area contributed by atoms with Crippen molar-refractivity contribution in [3.05, 3.63) is 58.6 Å². The summed E-state index contributed by atoms with van der Waals surface area (Å²) in [5, 5.41) is 13.9. The largest absolute Gasteiger partial charge is 0.480 e. The van der Waals surface area contributed by atoms with Crippen LogP contribution in [0.2, 0.25) is 0 Å². The van der Waals surface area contributed by atoms with E-state index in [4.69, 9.17) is 14.6 Å². The van der Waals surface area contributed by atoms with Gasteiger partial charge in [0.15, 0.2) is 0 Å². The fraction of sp³-hybridized carbons (Fsp3) is 0.391. The number of amides is 3. The molecule has 0 saturated carbocycles. The summed E-state index contributed by atoms with van der Waals surface area (Å²) < 4.78 is 11.1. The van der Waals surface area contributed by atoms with Crippen LogP contribution in [0.4, 0.5) is 15.4 Å². The number of aromatic nitrogens is 2. The number of carboxylic acids is 1. The lowest BCUT2D eigenvalue weighted by molar-refractivity contribution is -0.144. The smallest absolute Gasteiger partial charge is 0.413 e. The molecule has 0 atom stereocenters. The van der Waals surface area contributed by atoms with Crippen molar-refractivity contribution in [2.24, 2.45) is 0 Å². The summed E-state index contributed by atoms with van der Waals surface area (Å²) in [5.41, 5.74) is -0.776. The van der Waals surface area contributed by atoms with Crippen molar-refractivity contribution >= 4 is 29.9 Å². The average molecular weight is 504 g/mol. The van der Waals surface area contributed by atoms with Crippen molar-refractivity contribution in [3.8, 4) is 0 Å². The van der Waals surface area contributed by atoms with Crippen LogP contribution in [0.1, 0.15) is 26.3 Å². The van der Waals surface area contributed by atoms with E-state index in [0.717, 1.165) is 15.0 Å². The standard InChI is InChI=1S/C23H29N5O8/c1-23(2,3)36-21(33)24-10-12-27(14-19(30)31)18(29)13-28-11-9-17(25-20(28)32)26-22(34)35-15-16-7-5-4-6-8-16/h4-9,11H,10,12-15H2,1-3H3,(H,24,33)(H,30,31)(H,25,26,32,34). The number of nitrogens with one attached hydrogen (secondary N) is 2. The molecular formula is C23H29N5O8. The maximum atomic E-state index is 12.6. The molecular weight excluding hydrogens is 474 g/mol. The van der Waals surface area contributed by atoms with E-state index in [2.05, 4.69) is 15.6 Å². The zero-order chi connectivity index (χ0) is 26.7. The van der Waals surface area contributed by atoms with Gasteiger partial charge in [-0.3, -0.25) is 19.5 Å². The van der Waals surface area contributed by atoms with E-state index in [-0.39, 0.29) is 25.5 Å². The van der Waals surface area contributed by atoms with Gasteiger partial charge in [-0.2, -0.15) is 4.98 Å². The summed E-state index contributed by atoms with van der Waals surface area (Å²) >= 11 is 0. The number of nitrogens with zero attached hydrogens (tertiary/aromatic N) is 3. The van der Waals surface area contributed by atoms with Gasteiger partial charge in [-0.25, -0.2) is 14.4 Å². The first kappa shape index (κ1) is 27.8. The molecule has 0 aliphatic heterocycles. The number of ether oxygens (including phenoxy) is 2. The van der Waals surface area contributed by atoms with E-state index in [1.54, 1.807) is 45.0 Å². The Kier molecular flexibility index (Phi) is 9.95. The predicted molar refractivity (Wildman–Crippen MR) is 127 cm³/mol. The summed E-state index contributed by atoms with van der Waals surface area (Å²) in [6.07, 6.45) is -0.293. The number of benzene rings is 1. The van der Waals surface area contributed by atoms with Gasteiger partial charge < -0.3 is 24.8 Å². The molecule has 13 nitrogen and oxygen atoms in total. The quantitative estimate of drug-likeness (QED) is 0.434. The molecule has 0 fully saturated rings. The average Bonchev–Trinajstić information content (AvgIpc) is 2.78. The number of carboxylic acid groups (broad SMARTS) is 1. The van der Waals surface area contributed by atoms with Crippen LogP contribution in [-0.4, -0.2) is 68.9 Å². The zero-order valence-corrected chi connectivity index (χ0v) is 20.2. The molecule has 3 amide bonds. The fourth-order valence-electron chi connectivity index (χ4n) is 2.79. The van der Waals surface area contributed by atoms with Crippen LogP contribution in [0.25, 0.3) is 0 Å². The molecule has 0 aliphatic rings. The first-order chi connectivity index (χ1) is 16.9. The summed E-state index contributed by atoms with van der Waals surface area (Å²) in [4.78, 5) is 64.5. The number of hydrogen-bond acceptors (Lipinski definition) is 8. The minimum atomic E-state index is -1.26. The Morgan fingerprint density at radius 2 is 1.78 bits per heavy atom. The molecule has 194 valence electrons. The van der Waals surface area contributed by atoms with Crippen molar-refractivity contribution in [3.63, 3.8) is 0 Å². The third-order valence-corrected chi connectivity index (χ3v) is 4.35. The molecule has 2 aromatic rings.